The van der Waals surface area contributed by atoms with Crippen LogP contribution in [0.25, 0.3) is 0 Å². The topological polar surface area (TPSA) is 59.9 Å². The van der Waals surface area contributed by atoms with Crippen molar-refractivity contribution < 1.29 is 14.3 Å². The van der Waals surface area contributed by atoms with E-state index in [2.05, 4.69) is 47.2 Å². The molecule has 0 unspecified atom stereocenters. The van der Waals surface area contributed by atoms with E-state index in [0.717, 1.165) is 21.3 Å². The van der Waals surface area contributed by atoms with Gasteiger partial charge in [0, 0.05) is 0 Å². The first-order valence-electron chi connectivity index (χ1n) is 10.3. The standard InChI is InChI=1S/C26H27BrN2O3/c1-26(2,3)21-11-14-24(23(27)15-21)32-18-25(30)29-28-16-19-9-12-22(13-10-19)31-17-20-7-5-4-6-8-20/h4-16H,17-18H2,1-3H3,(H,29,30). The molecule has 0 saturated heterocycles. The number of hydrogen-bond acceptors (Lipinski definition) is 4. The lowest BCUT2D eigenvalue weighted by Crippen LogP contribution is -2.24. The summed E-state index contributed by atoms with van der Waals surface area (Å²) in [6.45, 7) is 6.82. The Bertz CT molecular complexity index is 1060. The van der Waals surface area contributed by atoms with Crippen LogP contribution < -0.4 is 14.9 Å². The van der Waals surface area contributed by atoms with Crippen molar-refractivity contribution in [3.63, 3.8) is 0 Å². The molecule has 3 rings (SSSR count). The molecule has 0 fully saturated rings. The highest BCUT2D eigenvalue weighted by Gasteiger charge is 2.15. The third-order valence-corrected chi connectivity index (χ3v) is 5.31. The Kier molecular flexibility index (Phi) is 8.06. The zero-order valence-electron chi connectivity index (χ0n) is 18.5. The number of amides is 1. The van der Waals surface area contributed by atoms with Crippen LogP contribution in [0, 0.1) is 0 Å². The van der Waals surface area contributed by atoms with Gasteiger partial charge >= 0.3 is 0 Å². The largest absolute Gasteiger partial charge is 0.489 e. The third kappa shape index (κ3) is 7.24. The van der Waals surface area contributed by atoms with Crippen LogP contribution in [0.3, 0.4) is 0 Å². The Labute approximate surface area is 197 Å². The van der Waals surface area contributed by atoms with Gasteiger partial charge in [0.25, 0.3) is 5.91 Å². The number of hydrazone groups is 1. The highest BCUT2D eigenvalue weighted by molar-refractivity contribution is 9.10. The van der Waals surface area contributed by atoms with Crippen LogP contribution in [0.2, 0.25) is 0 Å². The lowest BCUT2D eigenvalue weighted by atomic mass is 9.87. The molecule has 166 valence electrons. The van der Waals surface area contributed by atoms with Gasteiger partial charge in [-0.15, -0.1) is 0 Å². The van der Waals surface area contributed by atoms with E-state index in [1.165, 1.54) is 5.56 Å². The summed E-state index contributed by atoms with van der Waals surface area (Å²) < 4.78 is 12.2. The van der Waals surface area contributed by atoms with Gasteiger partial charge in [0.1, 0.15) is 18.1 Å². The molecule has 0 aliphatic carbocycles. The highest BCUT2D eigenvalue weighted by atomic mass is 79.9. The second kappa shape index (κ2) is 11.0. The summed E-state index contributed by atoms with van der Waals surface area (Å²) in [5.41, 5.74) is 5.66. The number of carbonyl (C=O) groups is 1. The summed E-state index contributed by atoms with van der Waals surface area (Å²) in [5.74, 6) is 1.05. The van der Waals surface area contributed by atoms with Gasteiger partial charge < -0.3 is 9.47 Å². The smallest absolute Gasteiger partial charge is 0.277 e. The summed E-state index contributed by atoms with van der Waals surface area (Å²) in [6.07, 6.45) is 1.58. The maximum absolute atomic E-state index is 12.0. The Morgan fingerprint density at radius 2 is 1.72 bits per heavy atom. The second-order valence-corrected chi connectivity index (χ2v) is 9.17. The van der Waals surface area contributed by atoms with Crippen molar-refractivity contribution in [2.75, 3.05) is 6.61 Å². The minimum absolute atomic E-state index is 0.0410. The monoisotopic (exact) mass is 494 g/mol. The molecule has 0 heterocycles. The number of benzene rings is 3. The fraction of sp³-hybridized carbons (Fsp3) is 0.231. The van der Waals surface area contributed by atoms with Crippen LogP contribution in [0.1, 0.15) is 37.5 Å². The van der Waals surface area contributed by atoms with Crippen molar-refractivity contribution in [3.8, 4) is 11.5 Å². The number of halogens is 1. The Morgan fingerprint density at radius 1 is 1.00 bits per heavy atom. The summed E-state index contributed by atoms with van der Waals surface area (Å²) in [4.78, 5) is 12.0. The number of ether oxygens (including phenoxy) is 2. The molecule has 0 aliphatic rings. The maximum Gasteiger partial charge on any atom is 0.277 e. The molecule has 32 heavy (non-hydrogen) atoms. The Balaban J connectivity index is 1.44. The van der Waals surface area contributed by atoms with Crippen molar-refractivity contribution in [3.05, 3.63) is 94.0 Å². The summed E-state index contributed by atoms with van der Waals surface area (Å²) in [5, 5.41) is 3.99. The van der Waals surface area contributed by atoms with Crippen molar-refractivity contribution in [2.45, 2.75) is 32.8 Å². The predicted octanol–water partition coefficient (Wildman–Crippen LogP) is 5.85. The molecule has 3 aromatic carbocycles. The highest BCUT2D eigenvalue weighted by Crippen LogP contribution is 2.31. The van der Waals surface area contributed by atoms with Crippen LogP contribution in [-0.2, 0) is 16.8 Å². The number of carbonyl (C=O) groups excluding carboxylic acids is 1. The van der Waals surface area contributed by atoms with Gasteiger partial charge in [-0.2, -0.15) is 5.10 Å². The third-order valence-electron chi connectivity index (χ3n) is 4.69. The average Bonchev–Trinajstić information content (AvgIpc) is 2.78. The lowest BCUT2D eigenvalue weighted by molar-refractivity contribution is -0.123. The lowest BCUT2D eigenvalue weighted by Gasteiger charge is -2.20. The molecular weight excluding hydrogens is 468 g/mol. The molecular formula is C26H27BrN2O3. The molecule has 0 atom stereocenters. The zero-order valence-corrected chi connectivity index (χ0v) is 20.1. The Hall–Kier alpha value is -3.12. The van der Waals surface area contributed by atoms with Crippen molar-refractivity contribution >= 4 is 28.1 Å². The van der Waals surface area contributed by atoms with Crippen LogP contribution in [-0.4, -0.2) is 18.7 Å². The SMILES string of the molecule is CC(C)(C)c1ccc(OCC(=O)NN=Cc2ccc(OCc3ccccc3)cc2)c(Br)c1. The van der Waals surface area contributed by atoms with E-state index in [4.69, 9.17) is 9.47 Å². The molecule has 0 saturated carbocycles. The molecule has 0 aliphatic heterocycles. The summed E-state index contributed by atoms with van der Waals surface area (Å²) in [6, 6.07) is 23.4. The minimum atomic E-state index is -0.337. The molecule has 0 bridgehead atoms. The zero-order chi connectivity index (χ0) is 23.0. The fourth-order valence-corrected chi connectivity index (χ4v) is 3.32. The number of nitrogens with one attached hydrogen (secondary N) is 1. The Morgan fingerprint density at radius 3 is 2.38 bits per heavy atom. The molecule has 6 heteroatoms. The van der Waals surface area contributed by atoms with E-state index in [1.54, 1.807) is 6.21 Å². The van der Waals surface area contributed by atoms with Crippen LogP contribution in [0.5, 0.6) is 11.5 Å². The first-order valence-corrected chi connectivity index (χ1v) is 11.1. The van der Waals surface area contributed by atoms with E-state index < -0.39 is 0 Å². The van der Waals surface area contributed by atoms with Crippen LogP contribution >= 0.6 is 15.9 Å². The van der Waals surface area contributed by atoms with Crippen LogP contribution in [0.15, 0.2) is 82.4 Å². The van der Waals surface area contributed by atoms with Gasteiger partial charge in [0.2, 0.25) is 0 Å². The fourth-order valence-electron chi connectivity index (χ4n) is 2.83. The van der Waals surface area contributed by atoms with Gasteiger partial charge in [0.05, 0.1) is 10.7 Å². The van der Waals surface area contributed by atoms with Crippen LogP contribution in [0.4, 0.5) is 0 Å². The van der Waals surface area contributed by atoms with Gasteiger partial charge in [-0.25, -0.2) is 5.43 Å². The van der Waals surface area contributed by atoms with E-state index in [0.29, 0.717) is 12.4 Å². The average molecular weight is 495 g/mol. The second-order valence-electron chi connectivity index (χ2n) is 8.32. The van der Waals surface area contributed by atoms with Gasteiger partial charge in [-0.05, 0) is 74.4 Å². The number of hydrogen-bond donors (Lipinski definition) is 1. The molecule has 0 aromatic heterocycles. The maximum atomic E-state index is 12.0. The number of nitrogens with zero attached hydrogens (tertiary/aromatic N) is 1. The minimum Gasteiger partial charge on any atom is -0.489 e. The van der Waals surface area contributed by atoms with Gasteiger partial charge in [0.15, 0.2) is 6.61 Å². The first kappa shape index (κ1) is 23.5. The van der Waals surface area contributed by atoms with E-state index in [-0.39, 0.29) is 17.9 Å². The molecule has 0 radical (unpaired) electrons. The van der Waals surface area contributed by atoms with E-state index >= 15 is 0 Å². The first-order chi connectivity index (χ1) is 15.3. The van der Waals surface area contributed by atoms with Gasteiger partial charge in [-0.3, -0.25) is 4.79 Å². The molecule has 5 nitrogen and oxygen atoms in total. The molecule has 1 N–H and O–H groups in total. The van der Waals surface area contributed by atoms with Crippen molar-refractivity contribution in [1.29, 1.82) is 0 Å². The molecule has 1 amide bonds. The van der Waals surface area contributed by atoms with Crippen molar-refractivity contribution in [1.82, 2.24) is 5.43 Å². The predicted molar refractivity (Wildman–Crippen MR) is 131 cm³/mol. The normalized spacial score (nSPS) is 11.4. The van der Waals surface area contributed by atoms with E-state index in [1.807, 2.05) is 72.8 Å². The van der Waals surface area contributed by atoms with Gasteiger partial charge in [-0.1, -0.05) is 57.2 Å². The quantitative estimate of drug-likeness (QED) is 0.315. The molecule has 0 spiro atoms. The van der Waals surface area contributed by atoms with Crippen molar-refractivity contribution in [2.24, 2.45) is 5.10 Å². The molecule has 3 aromatic rings. The van der Waals surface area contributed by atoms with E-state index in [9.17, 15) is 4.79 Å². The summed E-state index contributed by atoms with van der Waals surface area (Å²) in [7, 11) is 0. The number of rotatable bonds is 8. The summed E-state index contributed by atoms with van der Waals surface area (Å²) >= 11 is 3.51.